The second-order valence-electron chi connectivity index (χ2n) is 5.36. The van der Waals surface area contributed by atoms with Crippen LogP contribution >= 0.6 is 0 Å². The van der Waals surface area contributed by atoms with Crippen LogP contribution in [0.3, 0.4) is 0 Å². The van der Waals surface area contributed by atoms with Crippen molar-refractivity contribution in [2.24, 2.45) is 0 Å². The summed E-state index contributed by atoms with van der Waals surface area (Å²) in [7, 11) is 1.62. The minimum atomic E-state index is -0.0536. The maximum Gasteiger partial charge on any atom is 0.254 e. The number of hydrogen-bond acceptors (Lipinski definition) is 3. The number of methoxy groups -OCH3 is 1. The molecule has 3 rings (SSSR count). The number of ether oxygens (including phenoxy) is 1. The van der Waals surface area contributed by atoms with Gasteiger partial charge in [0.15, 0.2) is 0 Å². The second kappa shape index (κ2) is 5.64. The summed E-state index contributed by atoms with van der Waals surface area (Å²) in [6, 6.07) is 11.3. The van der Waals surface area contributed by atoms with Crippen molar-refractivity contribution >= 4 is 5.91 Å². The Kier molecular flexibility index (Phi) is 3.69. The highest BCUT2D eigenvalue weighted by molar-refractivity contribution is 5.95. The average molecular weight is 285 g/mol. The van der Waals surface area contributed by atoms with E-state index in [4.69, 9.17) is 9.15 Å². The zero-order valence-corrected chi connectivity index (χ0v) is 12.3. The number of carbonyl (C=O) groups is 1. The lowest BCUT2D eigenvalue weighted by Gasteiger charge is -2.28. The average Bonchev–Trinajstić information content (AvgIpc) is 3.19. The number of benzene rings is 1. The molecule has 1 aliphatic carbocycles. The van der Waals surface area contributed by atoms with Crippen molar-refractivity contribution in [3.63, 3.8) is 0 Å². The monoisotopic (exact) mass is 285 g/mol. The molecule has 0 aliphatic heterocycles. The van der Waals surface area contributed by atoms with E-state index in [1.54, 1.807) is 13.4 Å². The number of carbonyl (C=O) groups excluding carboxylic acids is 1. The van der Waals surface area contributed by atoms with Gasteiger partial charge in [-0.2, -0.15) is 0 Å². The van der Waals surface area contributed by atoms with Crippen molar-refractivity contribution in [1.29, 1.82) is 0 Å². The summed E-state index contributed by atoms with van der Waals surface area (Å²) in [5, 5.41) is 0. The molecule has 0 N–H and O–H groups in total. The van der Waals surface area contributed by atoms with E-state index in [1.165, 1.54) is 0 Å². The molecule has 1 heterocycles. The Morgan fingerprint density at radius 3 is 2.52 bits per heavy atom. The SMILES string of the molecule is COc1ccc(C(=O)N(C2CC2)[C@H](C)c2ccco2)cc1. The Labute approximate surface area is 124 Å². The quantitative estimate of drug-likeness (QED) is 0.842. The fraction of sp³-hybridized carbons (Fsp3) is 0.353. The van der Waals surface area contributed by atoms with Crippen LogP contribution in [0.5, 0.6) is 5.75 Å². The summed E-state index contributed by atoms with van der Waals surface area (Å²) in [5.41, 5.74) is 0.682. The molecule has 0 saturated heterocycles. The predicted octanol–water partition coefficient (Wildman–Crippen LogP) is 3.65. The van der Waals surface area contributed by atoms with Crippen molar-refractivity contribution in [2.75, 3.05) is 7.11 Å². The van der Waals surface area contributed by atoms with Gasteiger partial charge in [0.25, 0.3) is 5.91 Å². The van der Waals surface area contributed by atoms with Gasteiger partial charge >= 0.3 is 0 Å². The first kappa shape index (κ1) is 13.7. The third-order valence-electron chi connectivity index (χ3n) is 3.88. The molecule has 4 nitrogen and oxygen atoms in total. The topological polar surface area (TPSA) is 42.7 Å². The van der Waals surface area contributed by atoms with Gasteiger partial charge in [-0.25, -0.2) is 0 Å². The maximum atomic E-state index is 12.8. The Balaban J connectivity index is 1.84. The summed E-state index contributed by atoms with van der Waals surface area (Å²) < 4.78 is 10.6. The molecule has 2 aromatic rings. The highest BCUT2D eigenvalue weighted by Gasteiger charge is 2.37. The van der Waals surface area contributed by atoms with E-state index in [0.717, 1.165) is 24.4 Å². The van der Waals surface area contributed by atoms with Gasteiger partial charge in [-0.15, -0.1) is 0 Å². The van der Waals surface area contributed by atoms with E-state index < -0.39 is 0 Å². The lowest BCUT2D eigenvalue weighted by molar-refractivity contribution is 0.0652. The number of amides is 1. The van der Waals surface area contributed by atoms with Gasteiger partial charge in [-0.1, -0.05) is 0 Å². The van der Waals surface area contributed by atoms with E-state index >= 15 is 0 Å². The molecule has 1 aliphatic rings. The standard InChI is InChI=1S/C17H19NO3/c1-12(16-4-3-11-21-16)18(14-7-8-14)17(19)13-5-9-15(20-2)10-6-13/h3-6,9-12,14H,7-8H2,1-2H3/t12-/m1/s1. The van der Waals surface area contributed by atoms with E-state index in [1.807, 2.05) is 48.2 Å². The molecular formula is C17H19NO3. The van der Waals surface area contributed by atoms with E-state index in [0.29, 0.717) is 11.6 Å². The molecule has 4 heteroatoms. The molecule has 0 spiro atoms. The van der Waals surface area contributed by atoms with Gasteiger partial charge in [-0.05, 0) is 56.2 Å². The molecule has 1 amide bonds. The van der Waals surface area contributed by atoms with Crippen LogP contribution in [-0.4, -0.2) is 24.0 Å². The van der Waals surface area contributed by atoms with Crippen molar-refractivity contribution < 1.29 is 13.9 Å². The molecule has 1 fully saturated rings. The second-order valence-corrected chi connectivity index (χ2v) is 5.36. The smallest absolute Gasteiger partial charge is 0.254 e. The fourth-order valence-corrected chi connectivity index (χ4v) is 2.56. The lowest BCUT2D eigenvalue weighted by atomic mass is 10.1. The first-order valence-corrected chi connectivity index (χ1v) is 7.21. The molecule has 21 heavy (non-hydrogen) atoms. The number of furan rings is 1. The molecule has 110 valence electrons. The third-order valence-corrected chi connectivity index (χ3v) is 3.88. The maximum absolute atomic E-state index is 12.8. The predicted molar refractivity (Wildman–Crippen MR) is 79.3 cm³/mol. The van der Waals surface area contributed by atoms with E-state index in [2.05, 4.69) is 0 Å². The Hall–Kier alpha value is -2.23. The molecule has 0 bridgehead atoms. The highest BCUT2D eigenvalue weighted by atomic mass is 16.5. The molecule has 1 aromatic heterocycles. The summed E-state index contributed by atoms with van der Waals surface area (Å²) in [6.07, 6.45) is 3.77. The first-order chi connectivity index (χ1) is 10.2. The first-order valence-electron chi connectivity index (χ1n) is 7.21. The van der Waals surface area contributed by atoms with Gasteiger partial charge in [0.2, 0.25) is 0 Å². The summed E-state index contributed by atoms with van der Waals surface area (Å²) >= 11 is 0. The van der Waals surface area contributed by atoms with Crippen LogP contribution in [0.15, 0.2) is 47.1 Å². The zero-order valence-electron chi connectivity index (χ0n) is 12.3. The Morgan fingerprint density at radius 1 is 1.29 bits per heavy atom. The summed E-state index contributed by atoms with van der Waals surface area (Å²) in [5.74, 6) is 1.62. The number of nitrogens with zero attached hydrogens (tertiary/aromatic N) is 1. The molecule has 0 radical (unpaired) electrons. The molecule has 0 unspecified atom stereocenters. The minimum absolute atomic E-state index is 0.0454. The Morgan fingerprint density at radius 2 is 2.00 bits per heavy atom. The minimum Gasteiger partial charge on any atom is -0.497 e. The van der Waals surface area contributed by atoms with Crippen molar-refractivity contribution in [2.45, 2.75) is 31.8 Å². The molecule has 1 aromatic carbocycles. The van der Waals surface area contributed by atoms with E-state index in [-0.39, 0.29) is 11.9 Å². The van der Waals surface area contributed by atoms with Crippen LogP contribution in [0.25, 0.3) is 0 Å². The van der Waals surface area contributed by atoms with Crippen molar-refractivity contribution in [1.82, 2.24) is 4.90 Å². The zero-order chi connectivity index (χ0) is 14.8. The number of rotatable bonds is 5. The van der Waals surface area contributed by atoms with Crippen molar-refractivity contribution in [3.05, 3.63) is 54.0 Å². The normalized spacial score (nSPS) is 15.5. The van der Waals surface area contributed by atoms with Gasteiger partial charge < -0.3 is 14.1 Å². The van der Waals surface area contributed by atoms with Crippen LogP contribution in [0.4, 0.5) is 0 Å². The molecule has 1 saturated carbocycles. The molecular weight excluding hydrogens is 266 g/mol. The fourth-order valence-electron chi connectivity index (χ4n) is 2.56. The van der Waals surface area contributed by atoms with Crippen LogP contribution in [0.2, 0.25) is 0 Å². The van der Waals surface area contributed by atoms with Gasteiger partial charge in [0.1, 0.15) is 11.5 Å². The van der Waals surface area contributed by atoms with Crippen molar-refractivity contribution in [3.8, 4) is 5.75 Å². The van der Waals surface area contributed by atoms with Gasteiger partial charge in [0, 0.05) is 11.6 Å². The Bertz CT molecular complexity index is 599. The van der Waals surface area contributed by atoms with Gasteiger partial charge in [-0.3, -0.25) is 4.79 Å². The molecule has 1 atom stereocenters. The van der Waals surface area contributed by atoms with Crippen LogP contribution in [0.1, 0.15) is 41.9 Å². The third kappa shape index (κ3) is 2.79. The lowest BCUT2D eigenvalue weighted by Crippen LogP contribution is -2.35. The van der Waals surface area contributed by atoms with E-state index in [9.17, 15) is 4.79 Å². The number of hydrogen-bond donors (Lipinski definition) is 0. The highest BCUT2D eigenvalue weighted by Crippen LogP contribution is 2.35. The van der Waals surface area contributed by atoms with Crippen LogP contribution < -0.4 is 4.74 Å². The van der Waals surface area contributed by atoms with Crippen LogP contribution in [-0.2, 0) is 0 Å². The summed E-state index contributed by atoms with van der Waals surface area (Å²) in [6.45, 7) is 2.01. The summed E-state index contributed by atoms with van der Waals surface area (Å²) in [4.78, 5) is 14.7. The van der Waals surface area contributed by atoms with Gasteiger partial charge in [0.05, 0.1) is 19.4 Å². The largest absolute Gasteiger partial charge is 0.497 e. The van der Waals surface area contributed by atoms with Crippen LogP contribution in [0, 0.1) is 0 Å².